The van der Waals surface area contributed by atoms with Crippen LogP contribution in [0.1, 0.15) is 5.56 Å². The second-order valence-electron chi connectivity index (χ2n) is 4.85. The maximum absolute atomic E-state index is 12.2. The Labute approximate surface area is 125 Å². The molecule has 0 heterocycles. The summed E-state index contributed by atoms with van der Waals surface area (Å²) in [6.45, 7) is 4.57. The van der Waals surface area contributed by atoms with Crippen LogP contribution in [0.15, 0.2) is 72.8 Å². The lowest BCUT2D eigenvalue weighted by Crippen LogP contribution is -2.29. The third-order valence-corrected chi connectivity index (χ3v) is 3.07. The molecular weight excluding hydrogens is 262 g/mol. The first-order valence-electron chi connectivity index (χ1n) is 6.82. The topological polar surface area (TPSA) is 29.5 Å². The van der Waals surface area contributed by atoms with Crippen molar-refractivity contribution in [2.75, 3.05) is 13.7 Å². The van der Waals surface area contributed by atoms with Gasteiger partial charge in [0.25, 0.3) is 5.91 Å². The Morgan fingerprint density at radius 2 is 1.62 bits per heavy atom. The number of nitrogens with zero attached hydrogens (tertiary/aromatic N) is 1. The van der Waals surface area contributed by atoms with Gasteiger partial charge in [-0.25, -0.2) is 0 Å². The Kier molecular flexibility index (Phi) is 5.16. The van der Waals surface area contributed by atoms with Crippen molar-refractivity contribution >= 4 is 5.91 Å². The molecule has 0 aliphatic rings. The quantitative estimate of drug-likeness (QED) is 0.760. The standard InChI is InChI=1S/C18H19NO2/c1-15(14-21-17-11-7-4-8-12-17)18(20)19(2)13-16-9-5-3-6-10-16/h3-12H,1,13-14H2,2H3. The molecule has 0 aliphatic heterocycles. The van der Waals surface area contributed by atoms with E-state index in [1.54, 1.807) is 11.9 Å². The van der Waals surface area contributed by atoms with Gasteiger partial charge in [0.15, 0.2) is 0 Å². The van der Waals surface area contributed by atoms with Crippen molar-refractivity contribution in [2.24, 2.45) is 0 Å². The molecule has 0 fully saturated rings. The molecule has 108 valence electrons. The molecule has 3 heteroatoms. The van der Waals surface area contributed by atoms with Gasteiger partial charge in [0.05, 0.1) is 0 Å². The molecule has 1 amide bonds. The van der Waals surface area contributed by atoms with Crippen molar-refractivity contribution in [3.8, 4) is 5.75 Å². The molecule has 2 aromatic carbocycles. The van der Waals surface area contributed by atoms with E-state index in [0.29, 0.717) is 12.1 Å². The van der Waals surface area contributed by atoms with Gasteiger partial charge in [-0.15, -0.1) is 0 Å². The number of ether oxygens (including phenoxy) is 1. The lowest BCUT2D eigenvalue weighted by Gasteiger charge is -2.18. The van der Waals surface area contributed by atoms with Gasteiger partial charge >= 0.3 is 0 Å². The van der Waals surface area contributed by atoms with Crippen molar-refractivity contribution in [1.29, 1.82) is 0 Å². The summed E-state index contributed by atoms with van der Waals surface area (Å²) in [5.41, 5.74) is 1.53. The van der Waals surface area contributed by atoms with Crippen molar-refractivity contribution in [3.05, 3.63) is 78.4 Å². The number of carbonyl (C=O) groups is 1. The van der Waals surface area contributed by atoms with Crippen molar-refractivity contribution in [1.82, 2.24) is 4.90 Å². The van der Waals surface area contributed by atoms with Gasteiger partial charge in [0.1, 0.15) is 12.4 Å². The van der Waals surface area contributed by atoms with Crippen molar-refractivity contribution < 1.29 is 9.53 Å². The van der Waals surface area contributed by atoms with E-state index in [4.69, 9.17) is 4.74 Å². The fourth-order valence-corrected chi connectivity index (χ4v) is 1.95. The Morgan fingerprint density at radius 1 is 1.05 bits per heavy atom. The summed E-state index contributed by atoms with van der Waals surface area (Å²) in [6.07, 6.45) is 0. The SMILES string of the molecule is C=C(COc1ccccc1)C(=O)N(C)Cc1ccccc1. The zero-order valence-electron chi connectivity index (χ0n) is 12.2. The first kappa shape index (κ1) is 14.9. The van der Waals surface area contributed by atoms with Crippen LogP contribution in [0.5, 0.6) is 5.75 Å². The van der Waals surface area contributed by atoms with E-state index in [9.17, 15) is 4.79 Å². The highest BCUT2D eigenvalue weighted by atomic mass is 16.5. The molecule has 0 N–H and O–H groups in total. The van der Waals surface area contributed by atoms with E-state index in [-0.39, 0.29) is 12.5 Å². The van der Waals surface area contributed by atoms with E-state index < -0.39 is 0 Å². The molecule has 2 rings (SSSR count). The third-order valence-electron chi connectivity index (χ3n) is 3.07. The zero-order chi connectivity index (χ0) is 15.1. The highest BCUT2D eigenvalue weighted by molar-refractivity contribution is 5.92. The highest BCUT2D eigenvalue weighted by Crippen LogP contribution is 2.11. The summed E-state index contributed by atoms with van der Waals surface area (Å²) in [4.78, 5) is 13.9. The Balaban J connectivity index is 1.85. The number of hydrogen-bond acceptors (Lipinski definition) is 2. The van der Waals surface area contributed by atoms with Crippen molar-refractivity contribution in [2.45, 2.75) is 6.54 Å². The molecular formula is C18H19NO2. The summed E-state index contributed by atoms with van der Waals surface area (Å²) in [6, 6.07) is 19.3. The lowest BCUT2D eigenvalue weighted by molar-refractivity contribution is -0.126. The maximum atomic E-state index is 12.2. The van der Waals surface area contributed by atoms with Crippen molar-refractivity contribution in [3.63, 3.8) is 0 Å². The molecule has 0 saturated heterocycles. The molecule has 0 radical (unpaired) electrons. The van der Waals surface area contributed by atoms with E-state index in [0.717, 1.165) is 11.3 Å². The number of benzene rings is 2. The van der Waals surface area contributed by atoms with E-state index in [1.165, 1.54) is 0 Å². The zero-order valence-corrected chi connectivity index (χ0v) is 12.2. The van der Waals surface area contributed by atoms with E-state index in [2.05, 4.69) is 6.58 Å². The van der Waals surface area contributed by atoms with Gasteiger partial charge in [-0.05, 0) is 17.7 Å². The summed E-state index contributed by atoms with van der Waals surface area (Å²) in [5, 5.41) is 0. The van der Waals surface area contributed by atoms with Crippen LogP contribution in [0, 0.1) is 0 Å². The number of para-hydroxylation sites is 1. The largest absolute Gasteiger partial charge is 0.489 e. The Hall–Kier alpha value is -2.55. The fourth-order valence-electron chi connectivity index (χ4n) is 1.95. The normalized spacial score (nSPS) is 9.95. The second kappa shape index (κ2) is 7.29. The van der Waals surface area contributed by atoms with E-state index in [1.807, 2.05) is 60.7 Å². The first-order chi connectivity index (χ1) is 10.2. The van der Waals surface area contributed by atoms with Crippen LogP contribution in [-0.4, -0.2) is 24.5 Å². The molecule has 0 atom stereocenters. The number of rotatable bonds is 6. The summed E-state index contributed by atoms with van der Waals surface area (Å²) in [7, 11) is 1.77. The predicted octanol–water partition coefficient (Wildman–Crippen LogP) is 3.28. The number of likely N-dealkylation sites (N-methyl/N-ethyl adjacent to an activating group) is 1. The van der Waals surface area contributed by atoms with Crippen LogP contribution in [0.3, 0.4) is 0 Å². The van der Waals surface area contributed by atoms with Crippen LogP contribution in [0.25, 0.3) is 0 Å². The second-order valence-corrected chi connectivity index (χ2v) is 4.85. The molecule has 0 aliphatic carbocycles. The average molecular weight is 281 g/mol. The van der Waals surface area contributed by atoms with Crippen LogP contribution < -0.4 is 4.74 Å². The van der Waals surface area contributed by atoms with Crippen LogP contribution in [-0.2, 0) is 11.3 Å². The first-order valence-corrected chi connectivity index (χ1v) is 6.82. The summed E-state index contributed by atoms with van der Waals surface area (Å²) >= 11 is 0. The molecule has 0 spiro atoms. The maximum Gasteiger partial charge on any atom is 0.252 e. The fraction of sp³-hybridized carbons (Fsp3) is 0.167. The molecule has 0 bridgehead atoms. The molecule has 0 unspecified atom stereocenters. The summed E-state index contributed by atoms with van der Waals surface area (Å²) in [5.74, 6) is 0.631. The minimum Gasteiger partial charge on any atom is -0.489 e. The molecule has 0 saturated carbocycles. The van der Waals surface area contributed by atoms with Crippen LogP contribution in [0.2, 0.25) is 0 Å². The van der Waals surface area contributed by atoms with Gasteiger partial charge in [0.2, 0.25) is 0 Å². The van der Waals surface area contributed by atoms with Crippen LogP contribution in [0.4, 0.5) is 0 Å². The molecule has 2 aromatic rings. The van der Waals surface area contributed by atoms with Gasteiger partial charge in [-0.2, -0.15) is 0 Å². The number of carbonyl (C=O) groups excluding carboxylic acids is 1. The smallest absolute Gasteiger partial charge is 0.252 e. The lowest BCUT2D eigenvalue weighted by atomic mass is 10.2. The van der Waals surface area contributed by atoms with Gasteiger partial charge < -0.3 is 9.64 Å². The minimum absolute atomic E-state index is 0.102. The summed E-state index contributed by atoms with van der Waals surface area (Å²) < 4.78 is 5.54. The van der Waals surface area contributed by atoms with Gasteiger partial charge in [-0.3, -0.25) is 4.79 Å². The Morgan fingerprint density at radius 3 is 2.24 bits per heavy atom. The average Bonchev–Trinajstić information content (AvgIpc) is 2.53. The molecule has 0 aromatic heterocycles. The Bertz CT molecular complexity index is 593. The minimum atomic E-state index is -0.102. The van der Waals surface area contributed by atoms with E-state index >= 15 is 0 Å². The number of hydrogen-bond donors (Lipinski definition) is 0. The number of amides is 1. The monoisotopic (exact) mass is 281 g/mol. The molecule has 3 nitrogen and oxygen atoms in total. The highest BCUT2D eigenvalue weighted by Gasteiger charge is 2.13. The molecule has 21 heavy (non-hydrogen) atoms. The van der Waals surface area contributed by atoms with Gasteiger partial charge in [0, 0.05) is 19.2 Å². The van der Waals surface area contributed by atoms with Crippen LogP contribution >= 0.6 is 0 Å². The third kappa shape index (κ3) is 4.49. The predicted molar refractivity (Wildman–Crippen MR) is 84.0 cm³/mol. The van der Waals surface area contributed by atoms with Gasteiger partial charge in [-0.1, -0.05) is 55.1 Å².